The first-order valence-corrected chi connectivity index (χ1v) is 11.9. The fourth-order valence-electron chi connectivity index (χ4n) is 3.58. The summed E-state index contributed by atoms with van der Waals surface area (Å²) in [6, 6.07) is 10.5. The van der Waals surface area contributed by atoms with Crippen molar-refractivity contribution < 1.29 is 9.59 Å². The second-order valence-electron chi connectivity index (χ2n) is 8.35. The fourth-order valence-corrected chi connectivity index (χ4v) is 4.23. The number of amides is 2. The fraction of sp³-hybridized carbons (Fsp3) is 0.348. The molecule has 0 unspecified atom stereocenters. The molecule has 178 valence electrons. The number of benzene rings is 1. The molecule has 0 aliphatic carbocycles. The smallest absolute Gasteiger partial charge is 0.352 e. The second-order valence-corrected chi connectivity index (χ2v) is 9.39. The largest absolute Gasteiger partial charge is 0.356 e. The summed E-state index contributed by atoms with van der Waals surface area (Å²) in [4.78, 5) is 52.1. The molecule has 0 radical (unpaired) electrons. The SMILES string of the molecule is CC(C)CNC(=O)CCn1c(=O)c2ccccc2n2c(=O)n(CC(=O)NCc3cccs3)nc12. The summed E-state index contributed by atoms with van der Waals surface area (Å²) in [7, 11) is 0. The van der Waals surface area contributed by atoms with Crippen molar-refractivity contribution in [2.24, 2.45) is 5.92 Å². The van der Waals surface area contributed by atoms with Gasteiger partial charge in [0, 0.05) is 24.4 Å². The topological polar surface area (TPSA) is 120 Å². The Morgan fingerprint density at radius 1 is 1.06 bits per heavy atom. The minimum Gasteiger partial charge on any atom is -0.356 e. The van der Waals surface area contributed by atoms with Crippen LogP contribution in [-0.2, 0) is 29.2 Å². The Kier molecular flexibility index (Phi) is 6.92. The molecule has 10 nitrogen and oxygen atoms in total. The van der Waals surface area contributed by atoms with Crippen molar-refractivity contribution in [1.29, 1.82) is 0 Å². The molecule has 34 heavy (non-hydrogen) atoms. The first-order chi connectivity index (χ1) is 16.3. The van der Waals surface area contributed by atoms with Gasteiger partial charge in [-0.1, -0.05) is 32.0 Å². The molecular formula is C23H26N6O4S. The predicted octanol–water partition coefficient (Wildman–Crippen LogP) is 1.35. The van der Waals surface area contributed by atoms with Crippen LogP contribution in [0.2, 0.25) is 0 Å². The van der Waals surface area contributed by atoms with E-state index >= 15 is 0 Å². The van der Waals surface area contributed by atoms with Gasteiger partial charge in [0.05, 0.1) is 17.4 Å². The molecule has 1 aromatic carbocycles. The molecule has 0 aliphatic heterocycles. The minimum atomic E-state index is -0.532. The van der Waals surface area contributed by atoms with E-state index in [0.29, 0.717) is 29.9 Å². The van der Waals surface area contributed by atoms with E-state index in [2.05, 4.69) is 15.7 Å². The number of aromatic nitrogens is 4. The summed E-state index contributed by atoms with van der Waals surface area (Å²) >= 11 is 1.52. The summed E-state index contributed by atoms with van der Waals surface area (Å²) in [5.41, 5.74) is -0.479. The molecular weight excluding hydrogens is 456 g/mol. The van der Waals surface area contributed by atoms with Crippen LogP contribution in [0.25, 0.3) is 16.7 Å². The van der Waals surface area contributed by atoms with Crippen LogP contribution >= 0.6 is 11.3 Å². The molecule has 0 saturated heterocycles. The number of rotatable bonds is 9. The molecule has 4 rings (SSSR count). The lowest BCUT2D eigenvalue weighted by Crippen LogP contribution is -2.32. The van der Waals surface area contributed by atoms with Crippen molar-refractivity contribution in [2.45, 2.75) is 39.9 Å². The predicted molar refractivity (Wildman–Crippen MR) is 130 cm³/mol. The molecule has 2 N–H and O–H groups in total. The Balaban J connectivity index is 1.66. The number of aryl methyl sites for hydroxylation is 1. The molecule has 0 saturated carbocycles. The quantitative estimate of drug-likeness (QED) is 0.373. The highest BCUT2D eigenvalue weighted by molar-refractivity contribution is 7.09. The van der Waals surface area contributed by atoms with Gasteiger partial charge in [0.2, 0.25) is 17.6 Å². The summed E-state index contributed by atoms with van der Waals surface area (Å²) in [5.74, 6) is -0.164. The van der Waals surface area contributed by atoms with Crippen LogP contribution in [-0.4, -0.2) is 37.1 Å². The molecule has 0 bridgehead atoms. The molecule has 2 amide bonds. The zero-order valence-corrected chi connectivity index (χ0v) is 19.8. The Labute approximate surface area is 198 Å². The van der Waals surface area contributed by atoms with E-state index in [9.17, 15) is 19.2 Å². The molecule has 4 aromatic rings. The van der Waals surface area contributed by atoms with E-state index < -0.39 is 5.69 Å². The number of nitrogens with one attached hydrogen (secondary N) is 2. The van der Waals surface area contributed by atoms with Gasteiger partial charge in [-0.3, -0.25) is 19.0 Å². The number of thiophene rings is 1. The van der Waals surface area contributed by atoms with Gasteiger partial charge >= 0.3 is 5.69 Å². The van der Waals surface area contributed by atoms with Crippen LogP contribution in [0.3, 0.4) is 0 Å². The average Bonchev–Trinajstić information content (AvgIpc) is 3.44. The van der Waals surface area contributed by atoms with Crippen LogP contribution < -0.4 is 21.9 Å². The van der Waals surface area contributed by atoms with Crippen molar-refractivity contribution in [3.05, 3.63) is 67.5 Å². The molecule has 11 heteroatoms. The maximum absolute atomic E-state index is 13.2. The highest BCUT2D eigenvalue weighted by Gasteiger charge is 2.19. The van der Waals surface area contributed by atoms with Gasteiger partial charge < -0.3 is 10.6 Å². The third-order valence-corrected chi connectivity index (χ3v) is 6.16. The standard InChI is InChI=1S/C23H26N6O4S/c1-15(2)12-24-19(30)9-10-27-21(32)17-7-3-4-8-18(17)29-22(27)26-28(23(29)33)14-20(31)25-13-16-6-5-11-34-16/h3-8,11,15H,9-10,12-14H2,1-2H3,(H,24,30)(H,25,31). The third kappa shape index (κ3) is 4.93. The minimum absolute atomic E-state index is 0.0537. The van der Waals surface area contributed by atoms with Crippen LogP contribution in [0.4, 0.5) is 0 Å². The number of para-hydroxylation sites is 1. The van der Waals surface area contributed by atoms with Crippen LogP contribution in [0.5, 0.6) is 0 Å². The number of carbonyl (C=O) groups is 2. The molecule has 3 aromatic heterocycles. The van der Waals surface area contributed by atoms with Crippen LogP contribution in [0.1, 0.15) is 25.1 Å². The lowest BCUT2D eigenvalue weighted by atomic mass is 10.2. The summed E-state index contributed by atoms with van der Waals surface area (Å²) < 4.78 is 3.67. The Morgan fingerprint density at radius 3 is 2.59 bits per heavy atom. The Bertz CT molecular complexity index is 1450. The highest BCUT2D eigenvalue weighted by atomic mass is 32.1. The van der Waals surface area contributed by atoms with Gasteiger partial charge in [0.25, 0.3) is 5.56 Å². The molecule has 3 heterocycles. The van der Waals surface area contributed by atoms with Crippen LogP contribution in [0.15, 0.2) is 51.4 Å². The second kappa shape index (κ2) is 10.0. The van der Waals surface area contributed by atoms with Gasteiger partial charge in [-0.05, 0) is 29.5 Å². The van der Waals surface area contributed by atoms with Gasteiger partial charge in [-0.25, -0.2) is 13.9 Å². The number of nitrogens with zero attached hydrogens (tertiary/aromatic N) is 4. The number of hydrogen-bond donors (Lipinski definition) is 2. The lowest BCUT2D eigenvalue weighted by Gasteiger charge is -2.10. The Morgan fingerprint density at radius 2 is 1.85 bits per heavy atom. The van der Waals surface area contributed by atoms with Crippen molar-refractivity contribution in [2.75, 3.05) is 6.54 Å². The molecule has 0 atom stereocenters. The van der Waals surface area contributed by atoms with Crippen molar-refractivity contribution in [1.82, 2.24) is 29.4 Å². The van der Waals surface area contributed by atoms with Crippen molar-refractivity contribution >= 4 is 39.8 Å². The summed E-state index contributed by atoms with van der Waals surface area (Å²) in [6.07, 6.45) is 0.0585. The van der Waals surface area contributed by atoms with Crippen LogP contribution in [0, 0.1) is 5.92 Å². The van der Waals surface area contributed by atoms with E-state index in [0.717, 1.165) is 9.56 Å². The average molecular weight is 483 g/mol. The van der Waals surface area contributed by atoms with Gasteiger partial charge in [0.1, 0.15) is 6.54 Å². The summed E-state index contributed by atoms with van der Waals surface area (Å²) in [6.45, 7) is 4.65. The van der Waals surface area contributed by atoms with E-state index in [1.807, 2.05) is 31.4 Å². The highest BCUT2D eigenvalue weighted by Crippen LogP contribution is 2.11. The van der Waals surface area contributed by atoms with E-state index in [1.165, 1.54) is 20.3 Å². The zero-order chi connectivity index (χ0) is 24.2. The number of carbonyl (C=O) groups excluding carboxylic acids is 2. The maximum atomic E-state index is 13.2. The van der Waals surface area contributed by atoms with E-state index in [1.54, 1.807) is 24.3 Å². The number of hydrogen-bond acceptors (Lipinski definition) is 6. The van der Waals surface area contributed by atoms with Crippen molar-refractivity contribution in [3.8, 4) is 0 Å². The van der Waals surface area contributed by atoms with Gasteiger partial charge in [0.15, 0.2) is 0 Å². The zero-order valence-electron chi connectivity index (χ0n) is 19.0. The third-order valence-electron chi connectivity index (χ3n) is 5.29. The first-order valence-electron chi connectivity index (χ1n) is 11.0. The van der Waals surface area contributed by atoms with Gasteiger partial charge in [-0.15, -0.1) is 16.4 Å². The van der Waals surface area contributed by atoms with E-state index in [-0.39, 0.29) is 42.7 Å². The normalized spacial score (nSPS) is 11.4. The molecule has 0 fully saturated rings. The lowest BCUT2D eigenvalue weighted by molar-refractivity contribution is -0.122. The molecule has 0 spiro atoms. The van der Waals surface area contributed by atoms with E-state index in [4.69, 9.17) is 0 Å². The maximum Gasteiger partial charge on any atom is 0.352 e. The first kappa shape index (κ1) is 23.4. The van der Waals surface area contributed by atoms with Crippen molar-refractivity contribution in [3.63, 3.8) is 0 Å². The number of fused-ring (bicyclic) bond motifs is 3. The van der Waals surface area contributed by atoms with Gasteiger partial charge in [-0.2, -0.15) is 0 Å². The summed E-state index contributed by atoms with van der Waals surface area (Å²) in [5, 5.41) is 12.2. The monoisotopic (exact) mass is 482 g/mol. The Hall–Kier alpha value is -3.73. The molecule has 0 aliphatic rings.